The fourth-order valence-corrected chi connectivity index (χ4v) is 11.2. The highest BCUT2D eigenvalue weighted by atomic mass is 16.3. The van der Waals surface area contributed by atoms with Crippen molar-refractivity contribution in [3.05, 3.63) is 217 Å². The summed E-state index contributed by atoms with van der Waals surface area (Å²) in [6.45, 7) is 4.39. The lowest BCUT2D eigenvalue weighted by Crippen LogP contribution is -2.11. The van der Waals surface area contributed by atoms with E-state index >= 15 is 0 Å². The number of fused-ring (bicyclic) bond motifs is 14. The largest absolute Gasteiger partial charge is 0.456 e. The summed E-state index contributed by atoms with van der Waals surface area (Å²) < 4.78 is 26.1. The summed E-state index contributed by atoms with van der Waals surface area (Å²) >= 11 is 0. The van der Waals surface area contributed by atoms with Gasteiger partial charge in [-0.15, -0.1) is 0 Å². The number of hydrogen-bond donors (Lipinski definition) is 0. The molecular weight excluding hydrogens is 861 g/mol. The van der Waals surface area contributed by atoms with E-state index in [1.54, 1.807) is 0 Å². The highest BCUT2D eigenvalue weighted by Gasteiger charge is 2.23. The lowest BCUT2D eigenvalue weighted by atomic mass is 10.0. The van der Waals surface area contributed by atoms with Gasteiger partial charge in [0.05, 0.1) is 0 Å². The molecule has 4 heterocycles. The third kappa shape index (κ3) is 5.74. The molecule has 0 radical (unpaired) electrons. The zero-order chi connectivity index (χ0) is 46.2. The van der Waals surface area contributed by atoms with Crippen LogP contribution in [0.25, 0.3) is 109 Å². The van der Waals surface area contributed by atoms with Gasteiger partial charge in [0, 0.05) is 77.2 Å². The maximum atomic E-state index is 6.75. The second-order valence-electron chi connectivity index (χ2n) is 18.5. The van der Waals surface area contributed by atoms with Crippen LogP contribution in [-0.4, -0.2) is 0 Å². The Morgan fingerprint density at radius 2 is 0.643 bits per heavy atom. The summed E-state index contributed by atoms with van der Waals surface area (Å²) in [6.07, 6.45) is 0. The third-order valence-corrected chi connectivity index (χ3v) is 14.5. The highest BCUT2D eigenvalue weighted by molar-refractivity contribution is 6.19. The summed E-state index contributed by atoms with van der Waals surface area (Å²) in [5.74, 6) is 0. The maximum Gasteiger partial charge on any atom is 0.136 e. The molecule has 330 valence electrons. The van der Waals surface area contributed by atoms with Crippen molar-refractivity contribution in [3.63, 3.8) is 0 Å². The van der Waals surface area contributed by atoms with Crippen LogP contribution in [0.2, 0.25) is 0 Å². The Bertz CT molecular complexity index is 4340. The Morgan fingerprint density at radius 3 is 1.10 bits per heavy atom. The number of hydrogen-bond acceptors (Lipinski definition) is 6. The molecule has 0 atom stereocenters. The molecule has 15 aromatic rings. The Morgan fingerprint density at radius 1 is 0.257 bits per heavy atom. The van der Waals surface area contributed by atoms with Crippen molar-refractivity contribution >= 4 is 143 Å². The van der Waals surface area contributed by atoms with Crippen molar-refractivity contribution in [1.29, 1.82) is 0 Å². The predicted molar refractivity (Wildman–Crippen MR) is 289 cm³/mol. The minimum absolute atomic E-state index is 0.828. The molecule has 15 rings (SSSR count). The summed E-state index contributed by atoms with van der Waals surface area (Å²) in [6, 6.07) is 72.8. The molecule has 0 saturated heterocycles. The second-order valence-corrected chi connectivity index (χ2v) is 18.5. The predicted octanol–water partition coefficient (Wildman–Crippen LogP) is 19.1. The molecular formula is C64H40N2O4. The second kappa shape index (κ2) is 14.6. The minimum atomic E-state index is 0.828. The molecule has 0 bridgehead atoms. The van der Waals surface area contributed by atoms with Crippen LogP contribution in [0.4, 0.5) is 34.1 Å². The van der Waals surface area contributed by atoms with E-state index < -0.39 is 0 Å². The summed E-state index contributed by atoms with van der Waals surface area (Å²) in [4.78, 5) is 4.68. The van der Waals surface area contributed by atoms with Gasteiger partial charge in [0.1, 0.15) is 44.7 Å². The molecule has 4 aromatic heterocycles. The lowest BCUT2D eigenvalue weighted by Gasteiger charge is -2.27. The van der Waals surface area contributed by atoms with E-state index in [-0.39, 0.29) is 0 Å². The van der Waals surface area contributed by atoms with Crippen LogP contribution in [0, 0.1) is 13.8 Å². The molecule has 6 nitrogen and oxygen atoms in total. The Hall–Kier alpha value is -9.26. The van der Waals surface area contributed by atoms with Gasteiger partial charge >= 0.3 is 0 Å². The van der Waals surface area contributed by atoms with Crippen molar-refractivity contribution in [1.82, 2.24) is 0 Å². The van der Waals surface area contributed by atoms with E-state index in [0.29, 0.717) is 0 Å². The van der Waals surface area contributed by atoms with Crippen LogP contribution in [-0.2, 0) is 0 Å². The van der Waals surface area contributed by atoms with Crippen molar-refractivity contribution in [2.45, 2.75) is 13.8 Å². The zero-order valence-corrected chi connectivity index (χ0v) is 38.2. The number of rotatable bonds is 6. The van der Waals surface area contributed by atoms with Crippen LogP contribution < -0.4 is 9.80 Å². The summed E-state index contributed by atoms with van der Waals surface area (Å²) in [7, 11) is 0. The zero-order valence-electron chi connectivity index (χ0n) is 38.2. The first-order valence-electron chi connectivity index (χ1n) is 23.7. The number of benzene rings is 11. The first-order valence-corrected chi connectivity index (χ1v) is 23.7. The van der Waals surface area contributed by atoms with E-state index in [0.717, 1.165) is 155 Å². The fourth-order valence-electron chi connectivity index (χ4n) is 11.2. The monoisotopic (exact) mass is 900 g/mol. The van der Waals surface area contributed by atoms with Crippen molar-refractivity contribution in [2.75, 3.05) is 9.80 Å². The molecule has 0 aliphatic rings. The molecule has 0 amide bonds. The van der Waals surface area contributed by atoms with E-state index in [1.165, 1.54) is 0 Å². The first kappa shape index (κ1) is 38.8. The van der Waals surface area contributed by atoms with Crippen LogP contribution in [0.15, 0.2) is 224 Å². The molecule has 0 N–H and O–H groups in total. The quantitative estimate of drug-likeness (QED) is 0.166. The van der Waals surface area contributed by atoms with Gasteiger partial charge in [0.2, 0.25) is 0 Å². The van der Waals surface area contributed by atoms with Gasteiger partial charge in [-0.25, -0.2) is 0 Å². The Kier molecular flexibility index (Phi) is 8.10. The number of para-hydroxylation sites is 4. The van der Waals surface area contributed by atoms with E-state index in [9.17, 15) is 0 Å². The van der Waals surface area contributed by atoms with Gasteiger partial charge in [-0.1, -0.05) is 84.9 Å². The smallest absolute Gasteiger partial charge is 0.136 e. The normalized spacial score (nSPS) is 12.1. The highest BCUT2D eigenvalue weighted by Crippen LogP contribution is 2.46. The molecule has 0 aliphatic heterocycles. The van der Waals surface area contributed by atoms with Crippen molar-refractivity contribution in [2.24, 2.45) is 0 Å². The molecule has 6 heteroatoms. The Balaban J connectivity index is 0.828. The molecule has 0 unspecified atom stereocenters. The average Bonchev–Trinajstić information content (AvgIpc) is 4.16. The minimum Gasteiger partial charge on any atom is -0.456 e. The van der Waals surface area contributed by atoms with Gasteiger partial charge in [0.25, 0.3) is 0 Å². The third-order valence-electron chi connectivity index (χ3n) is 14.5. The van der Waals surface area contributed by atoms with E-state index in [1.807, 2.05) is 24.3 Å². The molecule has 0 spiro atoms. The van der Waals surface area contributed by atoms with Gasteiger partial charge in [-0.3, -0.25) is 0 Å². The van der Waals surface area contributed by atoms with Crippen molar-refractivity contribution in [3.8, 4) is 0 Å². The molecule has 11 aromatic carbocycles. The van der Waals surface area contributed by atoms with Crippen LogP contribution in [0.1, 0.15) is 11.1 Å². The molecule has 0 saturated carbocycles. The molecule has 70 heavy (non-hydrogen) atoms. The fraction of sp³-hybridized carbons (Fsp3) is 0.0312. The van der Waals surface area contributed by atoms with Gasteiger partial charge in [-0.05, 0) is 168 Å². The average molecular weight is 901 g/mol. The number of nitrogens with zero attached hydrogens (tertiary/aromatic N) is 2. The Labute approximate surface area is 400 Å². The van der Waals surface area contributed by atoms with E-state index in [4.69, 9.17) is 17.7 Å². The standard InChI is InChI=1S/C64H40N2O4/c1-37-53(25-27-57-63(37)47-17-9-11-19-55(47)67-57)65(43-13-5-3-6-14-43)45-23-21-39-31-49-51-35-62-52(36-61(51)69-59(49)33-41(39)29-45)50-32-40-22-24-46(30-42(40)34-60(50)70-62)66(44-15-7-4-8-16-44)54-26-28-58-64(38(54)2)48-18-10-12-20-56(48)68-58/h3-36H,1-2H3. The first-order chi connectivity index (χ1) is 34.5. The number of anilines is 6. The van der Waals surface area contributed by atoms with Crippen LogP contribution >= 0.6 is 0 Å². The van der Waals surface area contributed by atoms with Gasteiger partial charge in [0.15, 0.2) is 0 Å². The summed E-state index contributed by atoms with van der Waals surface area (Å²) in [5, 5.41) is 13.1. The molecule has 0 aliphatic carbocycles. The van der Waals surface area contributed by atoms with Crippen LogP contribution in [0.3, 0.4) is 0 Å². The lowest BCUT2D eigenvalue weighted by molar-refractivity contribution is 0.664. The number of aryl methyl sites for hydroxylation is 2. The van der Waals surface area contributed by atoms with Gasteiger partial charge < -0.3 is 27.5 Å². The molecule has 0 fully saturated rings. The van der Waals surface area contributed by atoms with Crippen LogP contribution in [0.5, 0.6) is 0 Å². The summed E-state index contributed by atoms with van der Waals surface area (Å²) in [5.41, 5.74) is 15.7. The topological polar surface area (TPSA) is 59.0 Å². The van der Waals surface area contributed by atoms with Crippen molar-refractivity contribution < 1.29 is 17.7 Å². The number of furan rings is 4. The SMILES string of the molecule is Cc1c(N(c2ccccc2)c2ccc3cc4c(cc3c2)oc2cc3c(cc24)oc2cc4cc(N(c5ccccc5)c5ccc6oc7ccccc7c6c5C)ccc4cc23)ccc2oc3ccccc3c12. The maximum absolute atomic E-state index is 6.75. The van der Waals surface area contributed by atoms with Gasteiger partial charge in [-0.2, -0.15) is 0 Å². The van der Waals surface area contributed by atoms with E-state index in [2.05, 4.69) is 206 Å².